The lowest BCUT2D eigenvalue weighted by atomic mass is 10.1. The van der Waals surface area contributed by atoms with E-state index in [1.165, 1.54) is 0 Å². The Morgan fingerprint density at radius 1 is 1.50 bits per heavy atom. The summed E-state index contributed by atoms with van der Waals surface area (Å²) in [5, 5.41) is 11.2. The zero-order valence-electron chi connectivity index (χ0n) is 8.74. The van der Waals surface area contributed by atoms with Gasteiger partial charge < -0.3 is 10.4 Å². The van der Waals surface area contributed by atoms with Gasteiger partial charge in [-0.1, -0.05) is 28.9 Å². The molecule has 1 unspecified atom stereocenters. The number of aliphatic carboxylic acids is 1. The summed E-state index contributed by atoms with van der Waals surface area (Å²) in [6, 6.07) is 5.95. The number of hydrogen-bond donors (Lipinski definition) is 2. The predicted octanol–water partition coefficient (Wildman–Crippen LogP) is 2.04. The topological polar surface area (TPSA) is 66.4 Å². The summed E-state index contributed by atoms with van der Waals surface area (Å²) in [6.45, 7) is 1.71. The molecule has 0 aromatic heterocycles. The van der Waals surface area contributed by atoms with E-state index in [-0.39, 0.29) is 5.91 Å². The molecule has 2 N–H and O–H groups in total. The lowest BCUT2D eigenvalue weighted by molar-refractivity contribution is -0.139. The number of halogens is 1. The van der Waals surface area contributed by atoms with Gasteiger partial charge >= 0.3 is 5.97 Å². The van der Waals surface area contributed by atoms with Crippen molar-refractivity contribution in [2.75, 3.05) is 0 Å². The highest BCUT2D eigenvalue weighted by Crippen LogP contribution is 2.11. The lowest BCUT2D eigenvalue weighted by Crippen LogP contribution is -2.40. The number of carbonyl (C=O) groups excluding carboxylic acids is 1. The van der Waals surface area contributed by atoms with Crippen LogP contribution in [-0.2, 0) is 4.79 Å². The largest absolute Gasteiger partial charge is 0.480 e. The third kappa shape index (κ3) is 3.34. The quantitative estimate of drug-likeness (QED) is 0.890. The summed E-state index contributed by atoms with van der Waals surface area (Å²) in [6.07, 6.45) is 0.356. The Bertz CT molecular complexity index is 406. The molecule has 0 radical (unpaired) electrons. The Balaban J connectivity index is 2.75. The smallest absolute Gasteiger partial charge is 0.326 e. The minimum absolute atomic E-state index is 0.356. The second-order valence-electron chi connectivity index (χ2n) is 3.28. The summed E-state index contributed by atoms with van der Waals surface area (Å²) < 4.78 is 0.781. The van der Waals surface area contributed by atoms with E-state index in [1.54, 1.807) is 31.2 Å². The molecular weight excluding hydrogens is 274 g/mol. The van der Waals surface area contributed by atoms with E-state index in [0.717, 1.165) is 4.47 Å². The molecule has 0 aliphatic rings. The summed E-state index contributed by atoms with van der Waals surface area (Å²) in [5.74, 6) is -1.40. The molecule has 0 spiro atoms. The van der Waals surface area contributed by atoms with Gasteiger partial charge in [-0.05, 0) is 24.6 Å². The number of hydrogen-bond acceptors (Lipinski definition) is 2. The number of carboxylic acid groups (broad SMARTS) is 1. The Kier molecular flexibility index (Phi) is 4.49. The Labute approximate surface area is 102 Å². The van der Waals surface area contributed by atoms with Crippen LogP contribution < -0.4 is 5.32 Å². The molecular formula is C11H12BrNO3. The van der Waals surface area contributed by atoms with E-state index in [0.29, 0.717) is 12.0 Å². The third-order valence-electron chi connectivity index (χ3n) is 2.10. The molecule has 0 fully saturated rings. The monoisotopic (exact) mass is 285 g/mol. The highest BCUT2D eigenvalue weighted by molar-refractivity contribution is 9.10. The maximum atomic E-state index is 11.7. The van der Waals surface area contributed by atoms with Crippen LogP contribution in [0.1, 0.15) is 23.7 Å². The molecule has 86 valence electrons. The van der Waals surface area contributed by atoms with E-state index < -0.39 is 12.0 Å². The van der Waals surface area contributed by atoms with Crippen molar-refractivity contribution in [2.45, 2.75) is 19.4 Å². The molecule has 0 heterocycles. The van der Waals surface area contributed by atoms with Gasteiger partial charge in [0.25, 0.3) is 5.91 Å². The lowest BCUT2D eigenvalue weighted by Gasteiger charge is -2.12. The fraction of sp³-hybridized carbons (Fsp3) is 0.273. The summed E-state index contributed by atoms with van der Waals surface area (Å²) in [7, 11) is 0. The van der Waals surface area contributed by atoms with Gasteiger partial charge in [0.2, 0.25) is 0 Å². The van der Waals surface area contributed by atoms with Crippen LogP contribution in [0.15, 0.2) is 28.7 Å². The van der Waals surface area contributed by atoms with Crippen LogP contribution in [0.4, 0.5) is 0 Å². The Morgan fingerprint density at radius 2 is 2.19 bits per heavy atom. The van der Waals surface area contributed by atoms with Crippen molar-refractivity contribution in [3.05, 3.63) is 34.3 Å². The number of carbonyl (C=O) groups is 2. The molecule has 4 nitrogen and oxygen atoms in total. The predicted molar refractivity (Wildman–Crippen MR) is 63.3 cm³/mol. The van der Waals surface area contributed by atoms with Gasteiger partial charge in [0, 0.05) is 10.0 Å². The van der Waals surface area contributed by atoms with Crippen LogP contribution in [-0.4, -0.2) is 23.0 Å². The van der Waals surface area contributed by atoms with Crippen molar-refractivity contribution in [3.8, 4) is 0 Å². The number of carboxylic acids is 1. The molecule has 0 saturated heterocycles. The first-order valence-electron chi connectivity index (χ1n) is 4.83. The van der Waals surface area contributed by atoms with Crippen LogP contribution in [0, 0.1) is 0 Å². The first kappa shape index (κ1) is 12.7. The van der Waals surface area contributed by atoms with Gasteiger partial charge in [0.1, 0.15) is 6.04 Å². The summed E-state index contributed by atoms with van der Waals surface area (Å²) in [5.41, 5.74) is 0.439. The molecule has 0 saturated carbocycles. The number of nitrogens with one attached hydrogen (secondary N) is 1. The van der Waals surface area contributed by atoms with Gasteiger partial charge in [-0.15, -0.1) is 0 Å². The maximum absolute atomic E-state index is 11.7. The number of benzene rings is 1. The standard InChI is InChI=1S/C11H12BrNO3/c1-2-9(11(15)16)13-10(14)7-4-3-5-8(12)6-7/h3-6,9H,2H2,1H3,(H,13,14)(H,15,16). The average molecular weight is 286 g/mol. The molecule has 5 heteroatoms. The van der Waals surface area contributed by atoms with Crippen molar-refractivity contribution in [2.24, 2.45) is 0 Å². The second kappa shape index (κ2) is 5.65. The van der Waals surface area contributed by atoms with Crippen LogP contribution in [0.3, 0.4) is 0 Å². The van der Waals surface area contributed by atoms with Crippen LogP contribution in [0.25, 0.3) is 0 Å². The van der Waals surface area contributed by atoms with Crippen LogP contribution >= 0.6 is 15.9 Å². The molecule has 1 rings (SSSR count). The van der Waals surface area contributed by atoms with Gasteiger partial charge in [-0.2, -0.15) is 0 Å². The molecule has 16 heavy (non-hydrogen) atoms. The van der Waals surface area contributed by atoms with E-state index >= 15 is 0 Å². The van der Waals surface area contributed by atoms with Crippen LogP contribution in [0.5, 0.6) is 0 Å². The molecule has 0 bridgehead atoms. The maximum Gasteiger partial charge on any atom is 0.326 e. The molecule has 1 amide bonds. The van der Waals surface area contributed by atoms with E-state index in [1.807, 2.05) is 0 Å². The zero-order valence-corrected chi connectivity index (χ0v) is 10.3. The zero-order chi connectivity index (χ0) is 12.1. The molecule has 1 aromatic rings. The fourth-order valence-corrected chi connectivity index (χ4v) is 1.61. The molecule has 0 aliphatic heterocycles. The fourth-order valence-electron chi connectivity index (χ4n) is 1.21. The molecule has 0 aliphatic carbocycles. The highest BCUT2D eigenvalue weighted by atomic mass is 79.9. The van der Waals surface area contributed by atoms with Crippen molar-refractivity contribution in [3.63, 3.8) is 0 Å². The van der Waals surface area contributed by atoms with E-state index in [4.69, 9.17) is 5.11 Å². The van der Waals surface area contributed by atoms with Gasteiger partial charge in [-0.25, -0.2) is 4.79 Å². The Morgan fingerprint density at radius 3 is 2.69 bits per heavy atom. The van der Waals surface area contributed by atoms with E-state index in [9.17, 15) is 9.59 Å². The Hall–Kier alpha value is -1.36. The number of amides is 1. The molecule has 1 atom stereocenters. The highest BCUT2D eigenvalue weighted by Gasteiger charge is 2.18. The van der Waals surface area contributed by atoms with Crippen LogP contribution in [0.2, 0.25) is 0 Å². The summed E-state index contributed by atoms with van der Waals surface area (Å²) in [4.78, 5) is 22.4. The van der Waals surface area contributed by atoms with Crippen molar-refractivity contribution >= 4 is 27.8 Å². The summed E-state index contributed by atoms with van der Waals surface area (Å²) >= 11 is 3.25. The number of rotatable bonds is 4. The SMILES string of the molecule is CCC(NC(=O)c1cccc(Br)c1)C(=O)O. The first-order valence-corrected chi connectivity index (χ1v) is 5.63. The average Bonchev–Trinajstić information content (AvgIpc) is 2.25. The first-order chi connectivity index (χ1) is 7.54. The third-order valence-corrected chi connectivity index (χ3v) is 2.59. The van der Waals surface area contributed by atoms with E-state index in [2.05, 4.69) is 21.2 Å². The van der Waals surface area contributed by atoms with Gasteiger partial charge in [0.05, 0.1) is 0 Å². The van der Waals surface area contributed by atoms with Crippen molar-refractivity contribution < 1.29 is 14.7 Å². The van der Waals surface area contributed by atoms with Gasteiger partial charge in [0.15, 0.2) is 0 Å². The normalized spacial score (nSPS) is 11.9. The minimum atomic E-state index is -1.02. The second-order valence-corrected chi connectivity index (χ2v) is 4.20. The van der Waals surface area contributed by atoms with Crippen molar-refractivity contribution in [1.29, 1.82) is 0 Å². The van der Waals surface area contributed by atoms with Gasteiger partial charge in [-0.3, -0.25) is 4.79 Å². The molecule has 1 aromatic carbocycles. The van der Waals surface area contributed by atoms with Crippen molar-refractivity contribution in [1.82, 2.24) is 5.32 Å². The minimum Gasteiger partial charge on any atom is -0.480 e.